The van der Waals surface area contributed by atoms with Crippen LogP contribution in [0.3, 0.4) is 0 Å². The summed E-state index contributed by atoms with van der Waals surface area (Å²) in [7, 11) is 1.92. The molecule has 0 bridgehead atoms. The van der Waals surface area contributed by atoms with E-state index in [1.807, 2.05) is 37.5 Å². The van der Waals surface area contributed by atoms with E-state index in [1.165, 1.54) is 0 Å². The number of nitrogens with zero attached hydrogens (tertiary/aromatic N) is 1. The molecule has 0 saturated heterocycles. The van der Waals surface area contributed by atoms with Gasteiger partial charge in [0.2, 0.25) is 0 Å². The lowest BCUT2D eigenvalue weighted by Crippen LogP contribution is -2.12. The highest BCUT2D eigenvalue weighted by atomic mass is 35.5. The van der Waals surface area contributed by atoms with Crippen molar-refractivity contribution in [1.82, 2.24) is 15.5 Å². The number of aromatic nitrogens is 2. The first-order valence-electron chi connectivity index (χ1n) is 5.19. The third-order valence-electron chi connectivity index (χ3n) is 2.71. The second-order valence-electron chi connectivity index (χ2n) is 3.69. The van der Waals surface area contributed by atoms with Gasteiger partial charge in [0, 0.05) is 22.2 Å². The lowest BCUT2D eigenvalue weighted by Gasteiger charge is -2.11. The Morgan fingerprint density at radius 2 is 2.12 bits per heavy atom. The number of hydrogen-bond donors (Lipinski definition) is 2. The number of rotatable bonds is 3. The SMILES string of the molecule is CNC(C)c1cn[nH]c1-c1ccccc1Cl. The number of aromatic amines is 1. The van der Waals surface area contributed by atoms with E-state index in [0.717, 1.165) is 21.8 Å². The topological polar surface area (TPSA) is 40.7 Å². The van der Waals surface area contributed by atoms with Crippen LogP contribution in [0.5, 0.6) is 0 Å². The first-order chi connectivity index (χ1) is 7.74. The molecule has 2 aromatic rings. The highest BCUT2D eigenvalue weighted by Gasteiger charge is 2.14. The number of nitrogens with one attached hydrogen (secondary N) is 2. The van der Waals surface area contributed by atoms with Crippen molar-refractivity contribution < 1.29 is 0 Å². The third kappa shape index (κ3) is 1.96. The summed E-state index contributed by atoms with van der Waals surface area (Å²) >= 11 is 6.17. The van der Waals surface area contributed by atoms with E-state index in [9.17, 15) is 0 Å². The standard InChI is InChI=1S/C12H14ClN3/c1-8(14-2)10-7-15-16-12(10)9-5-3-4-6-11(9)13/h3-8,14H,1-2H3,(H,15,16). The zero-order chi connectivity index (χ0) is 11.5. The number of benzene rings is 1. The van der Waals surface area contributed by atoms with E-state index in [4.69, 9.17) is 11.6 Å². The van der Waals surface area contributed by atoms with Crippen molar-refractivity contribution in [2.75, 3.05) is 7.05 Å². The van der Waals surface area contributed by atoms with Gasteiger partial charge in [0.05, 0.1) is 11.9 Å². The van der Waals surface area contributed by atoms with E-state index in [0.29, 0.717) is 0 Å². The molecule has 1 atom stereocenters. The van der Waals surface area contributed by atoms with Crippen LogP contribution in [0.25, 0.3) is 11.3 Å². The lowest BCUT2D eigenvalue weighted by atomic mass is 10.0. The van der Waals surface area contributed by atoms with Crippen molar-refractivity contribution in [2.45, 2.75) is 13.0 Å². The average Bonchev–Trinajstić information content (AvgIpc) is 2.77. The van der Waals surface area contributed by atoms with Gasteiger partial charge in [-0.3, -0.25) is 5.10 Å². The first kappa shape index (κ1) is 11.2. The average molecular weight is 236 g/mol. The minimum atomic E-state index is 0.241. The second-order valence-corrected chi connectivity index (χ2v) is 4.10. The molecule has 0 aliphatic heterocycles. The molecule has 0 saturated carbocycles. The van der Waals surface area contributed by atoms with Crippen LogP contribution in [-0.4, -0.2) is 17.2 Å². The van der Waals surface area contributed by atoms with E-state index in [2.05, 4.69) is 22.4 Å². The van der Waals surface area contributed by atoms with Gasteiger partial charge in [-0.15, -0.1) is 0 Å². The molecule has 2 N–H and O–H groups in total. The highest BCUT2D eigenvalue weighted by Crippen LogP contribution is 2.30. The van der Waals surface area contributed by atoms with Gasteiger partial charge in [-0.2, -0.15) is 5.10 Å². The number of halogens is 1. The van der Waals surface area contributed by atoms with E-state index >= 15 is 0 Å². The minimum absolute atomic E-state index is 0.241. The molecular formula is C12H14ClN3. The Bertz CT molecular complexity index is 479. The third-order valence-corrected chi connectivity index (χ3v) is 3.04. The Hall–Kier alpha value is -1.32. The molecule has 1 aromatic heterocycles. The molecular weight excluding hydrogens is 222 g/mol. The second kappa shape index (κ2) is 4.68. The van der Waals surface area contributed by atoms with Crippen molar-refractivity contribution in [3.63, 3.8) is 0 Å². The van der Waals surface area contributed by atoms with Crippen LogP contribution in [0.15, 0.2) is 30.5 Å². The van der Waals surface area contributed by atoms with Gasteiger partial charge in [0.1, 0.15) is 0 Å². The van der Waals surface area contributed by atoms with Crippen molar-refractivity contribution >= 4 is 11.6 Å². The summed E-state index contributed by atoms with van der Waals surface area (Å²) in [5, 5.41) is 11.0. The molecule has 3 nitrogen and oxygen atoms in total. The first-order valence-corrected chi connectivity index (χ1v) is 5.57. The maximum Gasteiger partial charge on any atom is 0.0712 e. The summed E-state index contributed by atoms with van der Waals surface area (Å²) in [6.07, 6.45) is 1.83. The fraction of sp³-hybridized carbons (Fsp3) is 0.250. The molecule has 1 aromatic carbocycles. The van der Waals surface area contributed by atoms with E-state index < -0.39 is 0 Å². The van der Waals surface area contributed by atoms with Gasteiger partial charge in [-0.05, 0) is 20.0 Å². The Labute approximate surface area is 99.8 Å². The fourth-order valence-corrected chi connectivity index (χ4v) is 1.89. The molecule has 0 spiro atoms. The number of hydrogen-bond acceptors (Lipinski definition) is 2. The summed E-state index contributed by atoms with van der Waals surface area (Å²) in [6, 6.07) is 8.00. The van der Waals surface area contributed by atoms with Gasteiger partial charge in [-0.25, -0.2) is 0 Å². The summed E-state index contributed by atoms with van der Waals surface area (Å²) in [5.74, 6) is 0. The molecule has 84 valence electrons. The van der Waals surface area contributed by atoms with Gasteiger partial charge >= 0.3 is 0 Å². The smallest absolute Gasteiger partial charge is 0.0712 e. The van der Waals surface area contributed by atoms with Gasteiger partial charge in [0.25, 0.3) is 0 Å². The quantitative estimate of drug-likeness (QED) is 0.859. The van der Waals surface area contributed by atoms with Gasteiger partial charge in [-0.1, -0.05) is 29.8 Å². The number of H-pyrrole nitrogens is 1. The van der Waals surface area contributed by atoms with Crippen LogP contribution in [-0.2, 0) is 0 Å². The maximum atomic E-state index is 6.17. The van der Waals surface area contributed by atoms with Crippen molar-refractivity contribution in [3.8, 4) is 11.3 Å². The van der Waals surface area contributed by atoms with Crippen LogP contribution in [0.2, 0.25) is 5.02 Å². The van der Waals surface area contributed by atoms with Crippen LogP contribution < -0.4 is 5.32 Å². The van der Waals surface area contributed by atoms with E-state index in [-0.39, 0.29) is 6.04 Å². The van der Waals surface area contributed by atoms with Crippen LogP contribution in [0, 0.1) is 0 Å². The van der Waals surface area contributed by atoms with Crippen molar-refractivity contribution in [2.24, 2.45) is 0 Å². The molecule has 0 radical (unpaired) electrons. The predicted molar refractivity (Wildman–Crippen MR) is 66.5 cm³/mol. The van der Waals surface area contributed by atoms with Crippen LogP contribution >= 0.6 is 11.6 Å². The Morgan fingerprint density at radius 3 is 2.81 bits per heavy atom. The predicted octanol–water partition coefficient (Wildman–Crippen LogP) is 3.01. The summed E-state index contributed by atoms with van der Waals surface area (Å²) in [5.41, 5.74) is 3.09. The molecule has 1 heterocycles. The molecule has 16 heavy (non-hydrogen) atoms. The molecule has 0 aliphatic rings. The molecule has 1 unspecified atom stereocenters. The van der Waals surface area contributed by atoms with Gasteiger partial charge < -0.3 is 5.32 Å². The molecule has 2 rings (SSSR count). The van der Waals surface area contributed by atoms with E-state index in [1.54, 1.807) is 0 Å². The van der Waals surface area contributed by atoms with Crippen LogP contribution in [0.4, 0.5) is 0 Å². The zero-order valence-electron chi connectivity index (χ0n) is 9.29. The molecule has 0 amide bonds. The maximum absolute atomic E-state index is 6.17. The zero-order valence-corrected chi connectivity index (χ0v) is 10.0. The Kier molecular flexibility index (Phi) is 3.27. The van der Waals surface area contributed by atoms with Gasteiger partial charge in [0.15, 0.2) is 0 Å². The monoisotopic (exact) mass is 235 g/mol. The van der Waals surface area contributed by atoms with Crippen molar-refractivity contribution in [1.29, 1.82) is 0 Å². The highest BCUT2D eigenvalue weighted by molar-refractivity contribution is 6.33. The minimum Gasteiger partial charge on any atom is -0.313 e. The summed E-state index contributed by atoms with van der Waals surface area (Å²) in [6.45, 7) is 2.09. The Balaban J connectivity index is 2.49. The van der Waals surface area contributed by atoms with Crippen LogP contribution in [0.1, 0.15) is 18.5 Å². The normalized spacial score (nSPS) is 12.7. The molecule has 0 fully saturated rings. The summed E-state index contributed by atoms with van der Waals surface area (Å²) < 4.78 is 0. The molecule has 4 heteroatoms. The summed E-state index contributed by atoms with van der Waals surface area (Å²) in [4.78, 5) is 0. The molecule has 0 aliphatic carbocycles. The lowest BCUT2D eigenvalue weighted by molar-refractivity contribution is 0.654. The largest absolute Gasteiger partial charge is 0.313 e. The fourth-order valence-electron chi connectivity index (χ4n) is 1.66. The Morgan fingerprint density at radius 1 is 1.38 bits per heavy atom. The van der Waals surface area contributed by atoms with Crippen molar-refractivity contribution in [3.05, 3.63) is 41.0 Å².